The van der Waals surface area contributed by atoms with Crippen molar-refractivity contribution in [3.63, 3.8) is 0 Å². The molecule has 0 atom stereocenters. The van der Waals surface area contributed by atoms with E-state index in [4.69, 9.17) is 9.47 Å². The normalized spacial score (nSPS) is 11.0. The lowest BCUT2D eigenvalue weighted by atomic mass is 10.0. The van der Waals surface area contributed by atoms with Crippen molar-refractivity contribution in [3.05, 3.63) is 48.5 Å². The van der Waals surface area contributed by atoms with E-state index in [-0.39, 0.29) is 0 Å². The molecule has 0 aliphatic carbocycles. The SMILES string of the molecule is SCCSCCSCCCOc1ccccc1-c1ccccc1OCCCSCCSCCS. The van der Waals surface area contributed by atoms with Gasteiger partial charge in [0.25, 0.3) is 0 Å². The molecule has 0 saturated heterocycles. The van der Waals surface area contributed by atoms with E-state index in [1.165, 1.54) is 23.0 Å². The molecule has 0 aliphatic rings. The van der Waals surface area contributed by atoms with E-state index >= 15 is 0 Å². The van der Waals surface area contributed by atoms with Crippen LogP contribution in [0.4, 0.5) is 0 Å². The van der Waals surface area contributed by atoms with Gasteiger partial charge < -0.3 is 9.47 Å². The largest absolute Gasteiger partial charge is 0.493 e. The van der Waals surface area contributed by atoms with Crippen LogP contribution in [0.2, 0.25) is 0 Å². The minimum Gasteiger partial charge on any atom is -0.493 e. The van der Waals surface area contributed by atoms with E-state index in [1.54, 1.807) is 0 Å². The summed E-state index contributed by atoms with van der Waals surface area (Å²) in [6.07, 6.45) is 2.11. The molecule has 2 aromatic rings. The summed E-state index contributed by atoms with van der Waals surface area (Å²) in [5.41, 5.74) is 2.20. The number of para-hydroxylation sites is 2. The van der Waals surface area contributed by atoms with E-state index in [0.29, 0.717) is 0 Å². The summed E-state index contributed by atoms with van der Waals surface area (Å²) < 4.78 is 12.4. The first-order valence-electron chi connectivity index (χ1n) is 11.8. The van der Waals surface area contributed by atoms with Crippen molar-refractivity contribution in [3.8, 4) is 22.6 Å². The quantitative estimate of drug-likeness (QED) is 0.117. The van der Waals surface area contributed by atoms with Gasteiger partial charge in [0.1, 0.15) is 11.5 Å². The highest BCUT2D eigenvalue weighted by Crippen LogP contribution is 2.36. The molecule has 0 aromatic heterocycles. The minimum atomic E-state index is 0.736. The lowest BCUT2D eigenvalue weighted by Gasteiger charge is -2.15. The molecule has 0 bridgehead atoms. The summed E-state index contributed by atoms with van der Waals surface area (Å²) in [4.78, 5) is 0. The van der Waals surface area contributed by atoms with Crippen molar-refractivity contribution in [2.45, 2.75) is 12.8 Å². The Balaban J connectivity index is 1.76. The Labute approximate surface area is 235 Å². The summed E-state index contributed by atoms with van der Waals surface area (Å²) in [6.45, 7) is 1.47. The summed E-state index contributed by atoms with van der Waals surface area (Å²) in [6, 6.07) is 16.6. The zero-order chi connectivity index (χ0) is 24.1. The van der Waals surface area contributed by atoms with E-state index in [2.05, 4.69) is 61.7 Å². The summed E-state index contributed by atoms with van der Waals surface area (Å²) >= 11 is 16.5. The van der Waals surface area contributed by atoms with Crippen LogP contribution in [-0.2, 0) is 0 Å². The number of hydrogen-bond acceptors (Lipinski definition) is 8. The summed E-state index contributed by atoms with van der Waals surface area (Å²) in [5, 5.41) is 0. The van der Waals surface area contributed by atoms with Gasteiger partial charge in [0, 0.05) is 45.6 Å². The molecule has 0 spiro atoms. The Morgan fingerprint density at radius 1 is 0.500 bits per heavy atom. The highest BCUT2D eigenvalue weighted by atomic mass is 32.2. The first-order chi connectivity index (χ1) is 16.9. The van der Waals surface area contributed by atoms with Gasteiger partial charge in [-0.15, -0.1) is 0 Å². The smallest absolute Gasteiger partial charge is 0.127 e. The molecule has 190 valence electrons. The molecule has 0 amide bonds. The fourth-order valence-corrected chi connectivity index (χ4v) is 7.47. The van der Waals surface area contributed by atoms with Crippen molar-refractivity contribution in [1.82, 2.24) is 0 Å². The topological polar surface area (TPSA) is 18.5 Å². The molecule has 0 unspecified atom stereocenters. The third-order valence-corrected chi connectivity index (χ3v) is 10.3. The predicted octanol–water partition coefficient (Wildman–Crippen LogP) is 7.68. The number of rotatable bonds is 21. The van der Waals surface area contributed by atoms with Crippen molar-refractivity contribution < 1.29 is 9.47 Å². The minimum absolute atomic E-state index is 0.736. The van der Waals surface area contributed by atoms with Crippen LogP contribution in [-0.4, -0.2) is 70.7 Å². The average molecular weight is 575 g/mol. The van der Waals surface area contributed by atoms with Crippen LogP contribution in [0.1, 0.15) is 12.8 Å². The first-order valence-corrected chi connectivity index (χ1v) is 17.7. The van der Waals surface area contributed by atoms with Crippen LogP contribution in [0, 0.1) is 0 Å². The Bertz CT molecular complexity index is 698. The Hall–Kier alpha value is 0.140. The van der Waals surface area contributed by atoms with Gasteiger partial charge in [0.05, 0.1) is 13.2 Å². The molecule has 0 radical (unpaired) electrons. The van der Waals surface area contributed by atoms with Crippen LogP contribution in [0.3, 0.4) is 0 Å². The zero-order valence-corrected chi connectivity index (χ0v) is 24.9. The average Bonchev–Trinajstić information content (AvgIpc) is 2.87. The van der Waals surface area contributed by atoms with E-state index in [9.17, 15) is 0 Å². The number of ether oxygens (including phenoxy) is 2. The fraction of sp³-hybridized carbons (Fsp3) is 0.538. The fourth-order valence-electron chi connectivity index (χ4n) is 3.09. The molecular formula is C26H38O2S6. The van der Waals surface area contributed by atoms with Gasteiger partial charge >= 0.3 is 0 Å². The molecule has 8 heteroatoms. The van der Waals surface area contributed by atoms with Gasteiger partial charge in [-0.2, -0.15) is 72.3 Å². The second-order valence-corrected chi connectivity index (χ2v) is 13.1. The molecule has 0 heterocycles. The summed E-state index contributed by atoms with van der Waals surface area (Å²) in [7, 11) is 0. The molecule has 34 heavy (non-hydrogen) atoms. The Morgan fingerprint density at radius 2 is 0.882 bits per heavy atom. The summed E-state index contributed by atoms with van der Waals surface area (Å²) in [5.74, 6) is 13.2. The number of thiol groups is 2. The van der Waals surface area contributed by atoms with E-state index in [1.807, 2.05) is 59.2 Å². The zero-order valence-electron chi connectivity index (χ0n) is 19.9. The van der Waals surface area contributed by atoms with E-state index < -0.39 is 0 Å². The van der Waals surface area contributed by atoms with Gasteiger partial charge in [0.15, 0.2) is 0 Å². The predicted molar refractivity (Wildman–Crippen MR) is 169 cm³/mol. The number of benzene rings is 2. The van der Waals surface area contributed by atoms with Gasteiger partial charge in [-0.25, -0.2) is 0 Å². The molecule has 0 fully saturated rings. The van der Waals surface area contributed by atoms with Crippen molar-refractivity contribution in [2.75, 3.05) is 70.7 Å². The molecule has 0 saturated carbocycles. The lowest BCUT2D eigenvalue weighted by Crippen LogP contribution is -2.03. The molecule has 0 aliphatic heterocycles. The van der Waals surface area contributed by atoms with Crippen LogP contribution < -0.4 is 9.47 Å². The Kier molecular flexibility index (Phi) is 19.0. The molecule has 0 N–H and O–H groups in total. The van der Waals surface area contributed by atoms with Crippen LogP contribution >= 0.6 is 72.3 Å². The maximum atomic E-state index is 6.20. The maximum Gasteiger partial charge on any atom is 0.127 e. The van der Waals surface area contributed by atoms with Crippen molar-refractivity contribution in [2.24, 2.45) is 0 Å². The van der Waals surface area contributed by atoms with Gasteiger partial charge in [-0.05, 0) is 48.0 Å². The van der Waals surface area contributed by atoms with Crippen LogP contribution in [0.15, 0.2) is 48.5 Å². The van der Waals surface area contributed by atoms with Crippen LogP contribution in [0.25, 0.3) is 11.1 Å². The van der Waals surface area contributed by atoms with E-state index in [0.717, 1.165) is 83.2 Å². The maximum absolute atomic E-state index is 6.20. The van der Waals surface area contributed by atoms with Crippen LogP contribution in [0.5, 0.6) is 11.5 Å². The van der Waals surface area contributed by atoms with Crippen molar-refractivity contribution >= 4 is 72.3 Å². The Morgan fingerprint density at radius 3 is 1.29 bits per heavy atom. The second kappa shape index (κ2) is 21.2. The molecule has 2 rings (SSSR count). The second-order valence-electron chi connectivity index (χ2n) is 7.29. The molecule has 2 nitrogen and oxygen atoms in total. The third-order valence-electron chi connectivity index (χ3n) is 4.66. The van der Waals surface area contributed by atoms with Gasteiger partial charge in [0.2, 0.25) is 0 Å². The van der Waals surface area contributed by atoms with Gasteiger partial charge in [-0.3, -0.25) is 0 Å². The standard InChI is InChI=1S/C26H38O2S6/c29-13-17-33-21-19-31-15-5-11-27-25-9-3-1-7-23(25)24-8-2-4-10-26(24)28-12-6-16-32-20-22-34-18-14-30/h1-4,7-10,29-30H,5-6,11-22H2. The monoisotopic (exact) mass is 574 g/mol. The van der Waals surface area contributed by atoms with Gasteiger partial charge in [-0.1, -0.05) is 36.4 Å². The molecule has 2 aromatic carbocycles. The lowest BCUT2D eigenvalue weighted by molar-refractivity contribution is 0.315. The first kappa shape index (κ1) is 30.4. The highest BCUT2D eigenvalue weighted by molar-refractivity contribution is 8.03. The third kappa shape index (κ3) is 13.4. The number of hydrogen-bond donors (Lipinski definition) is 2. The number of thioether (sulfide) groups is 4. The van der Waals surface area contributed by atoms with Crippen molar-refractivity contribution in [1.29, 1.82) is 0 Å². The molecular weight excluding hydrogens is 537 g/mol. The highest BCUT2D eigenvalue weighted by Gasteiger charge is 2.11.